The van der Waals surface area contributed by atoms with Crippen LogP contribution in [0.15, 0.2) is 72.3 Å². The van der Waals surface area contributed by atoms with Crippen molar-refractivity contribution in [3.63, 3.8) is 0 Å². The molecule has 1 heterocycles. The van der Waals surface area contributed by atoms with Crippen LogP contribution in [0.25, 0.3) is 5.32 Å². The Hall–Kier alpha value is -0.969. The van der Waals surface area contributed by atoms with Crippen LogP contribution in [0, 0.1) is 25.2 Å². The summed E-state index contributed by atoms with van der Waals surface area (Å²) < 4.78 is 2.75. The quantitative estimate of drug-likeness (QED) is 0.264. The first-order valence-electron chi connectivity index (χ1n) is 13.1. The molecule has 1 unspecified atom stereocenters. The van der Waals surface area contributed by atoms with Gasteiger partial charge in [0.15, 0.2) is 8.24 Å². The minimum absolute atomic E-state index is 0. The van der Waals surface area contributed by atoms with Crippen LogP contribution in [-0.4, -0.2) is 8.24 Å². The predicted molar refractivity (Wildman–Crippen MR) is 157 cm³/mol. The molecule has 6 rings (SSSR count). The summed E-state index contributed by atoms with van der Waals surface area (Å²) in [6, 6.07) is 17.6. The van der Waals surface area contributed by atoms with E-state index in [9.17, 15) is 0 Å². The van der Waals surface area contributed by atoms with Crippen molar-refractivity contribution < 1.29 is 17.0 Å². The van der Waals surface area contributed by atoms with Crippen LogP contribution in [0.1, 0.15) is 44.9 Å². The zero-order chi connectivity index (χ0) is 24.4. The van der Waals surface area contributed by atoms with Crippen molar-refractivity contribution in [1.82, 2.24) is 0 Å². The van der Waals surface area contributed by atoms with E-state index in [0.717, 1.165) is 28.8 Å². The molecule has 0 aromatic heterocycles. The Morgan fingerprint density at radius 1 is 0.861 bits per heavy atom. The first-order valence-corrected chi connectivity index (χ1v) is 20.4. The molecule has 1 aliphatic heterocycles. The van der Waals surface area contributed by atoms with Gasteiger partial charge in [0.25, 0.3) is 0 Å². The number of benzene rings is 2. The van der Waals surface area contributed by atoms with Crippen molar-refractivity contribution in [2.24, 2.45) is 17.8 Å². The van der Waals surface area contributed by atoms with Crippen LogP contribution in [0.2, 0.25) is 18.6 Å². The number of rotatable bonds is 3. The van der Waals surface area contributed by atoms with E-state index in [-0.39, 0.29) is 7.43 Å². The second-order valence-corrected chi connectivity index (χ2v) is 18.0. The Morgan fingerprint density at radius 3 is 2.06 bits per heavy atom. The van der Waals surface area contributed by atoms with Gasteiger partial charge in [0.1, 0.15) is 0 Å². The molecule has 3 aliphatic carbocycles. The van der Waals surface area contributed by atoms with Gasteiger partial charge in [0, 0.05) is 11.4 Å². The van der Waals surface area contributed by atoms with Gasteiger partial charge in [0.05, 0.1) is 0 Å². The van der Waals surface area contributed by atoms with Gasteiger partial charge in [0.2, 0.25) is 0 Å². The molecule has 0 N–H and O–H groups in total. The fraction of sp³-hybridized carbons (Fsp3) is 0.433. The number of halogens is 2. The molecule has 2 saturated carbocycles. The molecule has 4 aliphatic rings. The van der Waals surface area contributed by atoms with Crippen molar-refractivity contribution in [2.75, 3.05) is 4.57 Å². The molecule has 2 aromatic rings. The van der Waals surface area contributed by atoms with Crippen LogP contribution in [0.3, 0.4) is 0 Å². The zero-order valence-corrected chi connectivity index (χ0v) is 25.8. The maximum absolute atomic E-state index is 5.01. The van der Waals surface area contributed by atoms with E-state index in [0.29, 0.717) is 5.92 Å². The third-order valence-electron chi connectivity index (χ3n) is 8.81. The van der Waals surface area contributed by atoms with Crippen LogP contribution in [0.4, 0.5) is 22.7 Å². The molecular weight excluding hydrogens is 535 g/mol. The minimum atomic E-state index is -1.86. The van der Waals surface area contributed by atoms with E-state index in [4.69, 9.17) is 23.9 Å². The zero-order valence-electron chi connectivity index (χ0n) is 21.8. The normalized spacial score (nSPS) is 24.6. The Balaban J connectivity index is 0.000000726. The molecule has 2 fully saturated rings. The molecule has 0 spiro atoms. The molecule has 2 aromatic carbocycles. The van der Waals surface area contributed by atoms with Crippen molar-refractivity contribution in [2.45, 2.75) is 63.6 Å². The number of hydrogen-bond acceptors (Lipinski definition) is 1. The van der Waals surface area contributed by atoms with E-state index in [1.54, 1.807) is 5.57 Å². The first kappa shape index (κ1) is 28.0. The number of anilines is 2. The Bertz CT molecular complexity index is 1050. The van der Waals surface area contributed by atoms with Crippen LogP contribution >= 0.6 is 18.6 Å². The number of hydrogen-bond donors (Lipinski definition) is 0. The van der Waals surface area contributed by atoms with Crippen LogP contribution < -0.4 is 4.57 Å². The van der Waals surface area contributed by atoms with Gasteiger partial charge < -0.3 is 17.3 Å². The second kappa shape index (κ2) is 12.3. The summed E-state index contributed by atoms with van der Waals surface area (Å²) in [6.45, 7) is 5.23. The molecule has 2 nitrogen and oxygen atoms in total. The fourth-order valence-corrected chi connectivity index (χ4v) is 11.5. The summed E-state index contributed by atoms with van der Waals surface area (Å²) in [5.41, 5.74) is 7.45. The molecule has 0 amide bonds. The van der Waals surface area contributed by atoms with Crippen molar-refractivity contribution >= 4 is 49.6 Å². The third kappa shape index (κ3) is 5.29. The number of para-hydroxylation sites is 4. The average Bonchev–Trinajstić information content (AvgIpc) is 3.33. The van der Waals surface area contributed by atoms with Crippen molar-refractivity contribution in [3.05, 3.63) is 85.1 Å². The van der Waals surface area contributed by atoms with Gasteiger partial charge in [-0.1, -0.05) is 92.6 Å². The molecule has 3 atom stereocenters. The molecule has 192 valence electrons. The van der Waals surface area contributed by atoms with E-state index in [1.807, 2.05) is 0 Å². The standard InChI is InChI=1S/C29H35N2Si.CH3.2ClH.Ti/c1-32(2,31-27-17-8-6-15-25(27)30-26-16-7-9-18-28(26)31)29-20-19-23-22(13-10-14-24(23)29)21-11-4-3-5-12-21;;;;/h6-10,13-18,21,23-24,29H,3-5,11-12,19-20H2,1-2H3;1H3;2*1H;/q2*-1;;;+2/p-2/t23-,24+,29?;;;;/m1..../s1. The molecular formula is C30H38Cl2N2SiTi-2. The fourth-order valence-electron chi connectivity index (χ4n) is 7.34. The summed E-state index contributed by atoms with van der Waals surface area (Å²) in [5, 5.41) is 5.01. The molecule has 0 saturated heterocycles. The Morgan fingerprint density at radius 2 is 1.44 bits per heavy atom. The van der Waals surface area contributed by atoms with E-state index >= 15 is 0 Å². The van der Waals surface area contributed by atoms with Gasteiger partial charge in [-0.25, -0.2) is 0 Å². The number of allylic oxidation sites excluding steroid dienone is 4. The summed E-state index contributed by atoms with van der Waals surface area (Å²) in [6.07, 6.45) is 17.4. The summed E-state index contributed by atoms with van der Waals surface area (Å²) in [7, 11) is 7.91. The second-order valence-electron chi connectivity index (χ2n) is 10.9. The van der Waals surface area contributed by atoms with Crippen molar-refractivity contribution in [3.8, 4) is 0 Å². The molecule has 0 radical (unpaired) electrons. The molecule has 0 bridgehead atoms. The molecule has 6 heteroatoms. The SMILES string of the molecule is C[Si](C)(C1CC[C@@H]2C(C3CCCCC3)=CC=C[C@H]12)N1c2ccccc2[N-]c2ccccc21.[CH3-].[Cl][Ti][Cl]. The van der Waals surface area contributed by atoms with Gasteiger partial charge in [-0.2, -0.15) is 0 Å². The van der Waals surface area contributed by atoms with Crippen molar-refractivity contribution in [1.29, 1.82) is 0 Å². The summed E-state index contributed by atoms with van der Waals surface area (Å²) >= 11 is -0.556. The first-order chi connectivity index (χ1) is 17.1. The Labute approximate surface area is 236 Å². The monoisotopic (exact) mass is 572 g/mol. The summed E-state index contributed by atoms with van der Waals surface area (Å²) in [4.78, 5) is 0. The number of nitrogens with zero attached hydrogens (tertiary/aromatic N) is 2. The van der Waals surface area contributed by atoms with Gasteiger partial charge >= 0.3 is 35.6 Å². The maximum atomic E-state index is 5.01. The van der Waals surface area contributed by atoms with Gasteiger partial charge in [-0.3, -0.25) is 0 Å². The van der Waals surface area contributed by atoms with E-state index in [2.05, 4.69) is 84.4 Å². The topological polar surface area (TPSA) is 17.3 Å². The van der Waals surface area contributed by atoms with E-state index < -0.39 is 25.3 Å². The van der Waals surface area contributed by atoms with E-state index in [1.165, 1.54) is 56.3 Å². The van der Waals surface area contributed by atoms with Gasteiger partial charge in [-0.05, 0) is 61.1 Å². The third-order valence-corrected chi connectivity index (χ3v) is 12.9. The van der Waals surface area contributed by atoms with Gasteiger partial charge in [-0.15, -0.1) is 11.4 Å². The number of fused-ring (bicyclic) bond motifs is 3. The predicted octanol–water partition coefficient (Wildman–Crippen LogP) is 11.0. The average molecular weight is 574 g/mol. The summed E-state index contributed by atoms with van der Waals surface area (Å²) in [5.74, 6) is 2.33. The molecule has 36 heavy (non-hydrogen) atoms. The Kier molecular flexibility index (Phi) is 9.55. The van der Waals surface area contributed by atoms with Crippen LogP contribution in [0.5, 0.6) is 0 Å². The van der Waals surface area contributed by atoms with Crippen LogP contribution in [-0.2, 0) is 17.0 Å².